The number of aromatic nitrogens is 3. The van der Waals surface area contributed by atoms with Gasteiger partial charge >= 0.3 is 0 Å². The summed E-state index contributed by atoms with van der Waals surface area (Å²) >= 11 is 0. The molecule has 0 saturated carbocycles. The van der Waals surface area contributed by atoms with Crippen molar-refractivity contribution in [2.45, 2.75) is 32.9 Å². The third-order valence-corrected chi connectivity index (χ3v) is 4.79. The molecule has 0 unspecified atom stereocenters. The van der Waals surface area contributed by atoms with Gasteiger partial charge in [-0.15, -0.1) is 0 Å². The highest BCUT2D eigenvalue weighted by molar-refractivity contribution is 5.83. The van der Waals surface area contributed by atoms with E-state index in [9.17, 15) is 14.0 Å². The highest BCUT2D eigenvalue weighted by Gasteiger charge is 2.23. The number of hydrogen-bond acceptors (Lipinski definition) is 4. The number of carbonyl (C=O) groups excluding carboxylic acids is 1. The third kappa shape index (κ3) is 2.96. The molecule has 3 heterocycles. The van der Waals surface area contributed by atoms with Gasteiger partial charge in [-0.3, -0.25) is 14.0 Å². The molecule has 0 saturated heterocycles. The Bertz CT molecular complexity index is 1220. The molecule has 0 spiro atoms. The third-order valence-electron chi connectivity index (χ3n) is 4.79. The van der Waals surface area contributed by atoms with Crippen LogP contribution >= 0.6 is 0 Å². The number of nitrogens with one attached hydrogen (secondary N) is 1. The van der Waals surface area contributed by atoms with E-state index in [4.69, 9.17) is 4.42 Å². The minimum atomic E-state index is -0.752. The van der Waals surface area contributed by atoms with E-state index in [2.05, 4.69) is 10.4 Å². The van der Waals surface area contributed by atoms with Crippen LogP contribution in [0.4, 0.5) is 4.39 Å². The molecule has 0 bridgehead atoms. The van der Waals surface area contributed by atoms with E-state index in [1.54, 1.807) is 41.9 Å². The summed E-state index contributed by atoms with van der Waals surface area (Å²) in [6.07, 6.45) is 1.95. The highest BCUT2D eigenvalue weighted by Crippen LogP contribution is 2.21. The number of halogens is 1. The van der Waals surface area contributed by atoms with Gasteiger partial charge in [-0.2, -0.15) is 5.10 Å². The average Bonchev–Trinajstić information content (AvgIpc) is 3.27. The van der Waals surface area contributed by atoms with E-state index >= 15 is 0 Å². The molecule has 0 aliphatic rings. The minimum Gasteiger partial charge on any atom is -0.463 e. The Morgan fingerprint density at radius 2 is 2.00 bits per heavy atom. The van der Waals surface area contributed by atoms with Gasteiger partial charge in [-0.1, -0.05) is 19.1 Å². The molecule has 4 aromatic rings. The molecule has 0 aliphatic heterocycles. The number of furan rings is 1. The molecule has 1 amide bonds. The Morgan fingerprint density at radius 3 is 2.71 bits per heavy atom. The second kappa shape index (κ2) is 6.95. The van der Waals surface area contributed by atoms with Crippen molar-refractivity contribution in [2.24, 2.45) is 0 Å². The van der Waals surface area contributed by atoms with Crippen molar-refractivity contribution in [3.63, 3.8) is 0 Å². The number of aryl methyl sites for hydroxylation is 1. The van der Waals surface area contributed by atoms with E-state index in [1.807, 2.05) is 6.92 Å². The van der Waals surface area contributed by atoms with Crippen molar-refractivity contribution >= 4 is 22.5 Å². The maximum absolute atomic E-state index is 13.0. The summed E-state index contributed by atoms with van der Waals surface area (Å²) in [6, 6.07) is 8.56. The Morgan fingerprint density at radius 1 is 1.25 bits per heavy atom. The minimum absolute atomic E-state index is 0.240. The molecule has 8 heteroatoms. The second-order valence-corrected chi connectivity index (χ2v) is 6.60. The summed E-state index contributed by atoms with van der Waals surface area (Å²) in [5, 5.41) is 7.17. The van der Waals surface area contributed by atoms with Gasteiger partial charge in [0.2, 0.25) is 5.91 Å². The quantitative estimate of drug-likeness (QED) is 0.575. The first-order valence-electron chi connectivity index (χ1n) is 9.00. The SMILES string of the molecule is CC[C@H](C(=O)NCc1ccc(F)cc1)n1nc(C)n2c(cc3occc32)c1=O. The smallest absolute Gasteiger partial charge is 0.291 e. The number of amides is 1. The van der Waals surface area contributed by atoms with Crippen LogP contribution in [0.2, 0.25) is 0 Å². The van der Waals surface area contributed by atoms with Gasteiger partial charge in [0.05, 0.1) is 11.8 Å². The number of carbonyl (C=O) groups is 1. The van der Waals surface area contributed by atoms with Gasteiger partial charge in [-0.05, 0) is 31.0 Å². The van der Waals surface area contributed by atoms with Crippen molar-refractivity contribution in [1.82, 2.24) is 19.5 Å². The standard InChI is InChI=1S/C20H19FN4O3/c1-3-15(19(26)22-11-13-4-6-14(21)7-5-13)25-20(27)17-10-18-16(8-9-28-18)24(17)12(2)23-25/h4-10,15H,3,11H2,1-2H3,(H,22,26)/t15-/m1/s1. The van der Waals surface area contributed by atoms with Crippen LogP contribution in [-0.4, -0.2) is 20.1 Å². The first-order chi connectivity index (χ1) is 13.5. The summed E-state index contributed by atoms with van der Waals surface area (Å²) in [7, 11) is 0. The molecule has 0 fully saturated rings. The Balaban J connectivity index is 1.66. The van der Waals surface area contributed by atoms with Crippen molar-refractivity contribution < 1.29 is 13.6 Å². The van der Waals surface area contributed by atoms with Gasteiger partial charge < -0.3 is 9.73 Å². The number of nitrogens with zero attached hydrogens (tertiary/aromatic N) is 3. The molecule has 144 valence electrons. The Kier molecular flexibility index (Phi) is 4.46. The summed E-state index contributed by atoms with van der Waals surface area (Å²) in [6.45, 7) is 3.84. The van der Waals surface area contributed by atoms with Crippen molar-refractivity contribution in [2.75, 3.05) is 0 Å². The van der Waals surface area contributed by atoms with E-state index < -0.39 is 6.04 Å². The zero-order valence-corrected chi connectivity index (χ0v) is 15.5. The Hall–Kier alpha value is -3.42. The lowest BCUT2D eigenvalue weighted by molar-refractivity contribution is -0.125. The first kappa shape index (κ1) is 18.0. The predicted molar refractivity (Wildman–Crippen MR) is 102 cm³/mol. The lowest BCUT2D eigenvalue weighted by Crippen LogP contribution is -2.39. The zero-order valence-electron chi connectivity index (χ0n) is 15.5. The number of rotatable bonds is 5. The van der Waals surface area contributed by atoms with E-state index in [0.29, 0.717) is 23.3 Å². The number of benzene rings is 1. The Labute approximate surface area is 159 Å². The largest absolute Gasteiger partial charge is 0.463 e. The first-order valence-corrected chi connectivity index (χ1v) is 9.00. The topological polar surface area (TPSA) is 81.5 Å². The maximum Gasteiger partial charge on any atom is 0.291 e. The van der Waals surface area contributed by atoms with Gasteiger partial charge in [0.25, 0.3) is 5.56 Å². The van der Waals surface area contributed by atoms with Crippen molar-refractivity contribution in [3.05, 3.63) is 70.2 Å². The van der Waals surface area contributed by atoms with Crippen LogP contribution in [0.25, 0.3) is 16.6 Å². The number of fused-ring (bicyclic) bond motifs is 3. The van der Waals surface area contributed by atoms with Crippen LogP contribution in [0.15, 0.2) is 51.9 Å². The van der Waals surface area contributed by atoms with Gasteiger partial charge in [-0.25, -0.2) is 9.07 Å². The molecular formula is C20H19FN4O3. The molecule has 1 aromatic carbocycles. The highest BCUT2D eigenvalue weighted by atomic mass is 19.1. The molecule has 1 N–H and O–H groups in total. The number of hydrogen-bond donors (Lipinski definition) is 1. The normalized spacial score (nSPS) is 12.5. The van der Waals surface area contributed by atoms with Crippen LogP contribution in [0.5, 0.6) is 0 Å². The molecular weight excluding hydrogens is 363 g/mol. The summed E-state index contributed by atoms with van der Waals surface area (Å²) < 4.78 is 21.3. The zero-order chi connectivity index (χ0) is 19.8. The summed E-state index contributed by atoms with van der Waals surface area (Å²) in [5.74, 6) is -0.0739. The predicted octanol–water partition coefficient (Wildman–Crippen LogP) is 2.96. The molecule has 3 aromatic heterocycles. The van der Waals surface area contributed by atoms with Crippen LogP contribution in [0, 0.1) is 12.7 Å². The van der Waals surface area contributed by atoms with E-state index in [0.717, 1.165) is 11.1 Å². The molecule has 0 aliphatic carbocycles. The van der Waals surface area contributed by atoms with Crippen LogP contribution in [-0.2, 0) is 11.3 Å². The maximum atomic E-state index is 13.0. The lowest BCUT2D eigenvalue weighted by atomic mass is 10.2. The fraction of sp³-hybridized carbons (Fsp3) is 0.250. The fourth-order valence-corrected chi connectivity index (χ4v) is 3.38. The average molecular weight is 382 g/mol. The van der Waals surface area contributed by atoms with Crippen LogP contribution < -0.4 is 10.9 Å². The monoisotopic (exact) mass is 382 g/mol. The molecule has 28 heavy (non-hydrogen) atoms. The molecule has 4 rings (SSSR count). The lowest BCUT2D eigenvalue weighted by Gasteiger charge is -2.18. The van der Waals surface area contributed by atoms with Gasteiger partial charge in [0.1, 0.15) is 23.2 Å². The van der Waals surface area contributed by atoms with Crippen LogP contribution in [0.3, 0.4) is 0 Å². The molecule has 0 radical (unpaired) electrons. The van der Waals surface area contributed by atoms with Gasteiger partial charge in [0.15, 0.2) is 5.58 Å². The van der Waals surface area contributed by atoms with E-state index in [-0.39, 0.29) is 23.8 Å². The molecule has 7 nitrogen and oxygen atoms in total. The fourth-order valence-electron chi connectivity index (χ4n) is 3.38. The van der Waals surface area contributed by atoms with Crippen LogP contribution in [0.1, 0.15) is 30.8 Å². The van der Waals surface area contributed by atoms with Gasteiger partial charge in [0, 0.05) is 18.7 Å². The second-order valence-electron chi connectivity index (χ2n) is 6.60. The van der Waals surface area contributed by atoms with Crippen molar-refractivity contribution in [3.8, 4) is 0 Å². The molecule has 1 atom stereocenters. The summed E-state index contributed by atoms with van der Waals surface area (Å²) in [4.78, 5) is 25.7. The van der Waals surface area contributed by atoms with E-state index in [1.165, 1.54) is 16.8 Å². The summed E-state index contributed by atoms with van der Waals surface area (Å²) in [5.41, 5.74) is 2.17. The van der Waals surface area contributed by atoms with Crippen molar-refractivity contribution in [1.29, 1.82) is 0 Å².